The third-order valence-electron chi connectivity index (χ3n) is 6.21. The maximum Gasteiger partial charge on any atom is 0.255 e. The lowest BCUT2D eigenvalue weighted by molar-refractivity contribution is 0.102. The quantitative estimate of drug-likeness (QED) is 0.453. The molecule has 0 unspecified atom stereocenters. The molecule has 1 fully saturated rings. The lowest BCUT2D eigenvalue weighted by Gasteiger charge is -2.30. The minimum absolute atomic E-state index is 0.122. The number of nitrogens with one attached hydrogen (secondary N) is 1. The molecule has 0 aliphatic carbocycles. The molecular weight excluding hydrogens is 396 g/mol. The van der Waals surface area contributed by atoms with E-state index >= 15 is 0 Å². The SMILES string of the molecule is CC1CCN(c2ccc(-c3ccc(NC(=O)c4ccc5ccccc5c4)cc3)nn2)CC1. The average Bonchev–Trinajstić information content (AvgIpc) is 2.85. The molecule has 2 heterocycles. The molecular formula is C27H26N4O. The number of aromatic nitrogens is 2. The lowest BCUT2D eigenvalue weighted by Crippen LogP contribution is -2.33. The summed E-state index contributed by atoms with van der Waals surface area (Å²) in [6.07, 6.45) is 2.41. The van der Waals surface area contributed by atoms with Crippen LogP contribution in [0.5, 0.6) is 0 Å². The van der Waals surface area contributed by atoms with Gasteiger partial charge in [-0.3, -0.25) is 4.79 Å². The molecule has 1 aliphatic rings. The fourth-order valence-electron chi connectivity index (χ4n) is 4.14. The van der Waals surface area contributed by atoms with Gasteiger partial charge in [0.25, 0.3) is 5.91 Å². The normalized spacial score (nSPS) is 14.5. The van der Waals surface area contributed by atoms with Crippen molar-refractivity contribution in [2.24, 2.45) is 5.92 Å². The van der Waals surface area contributed by atoms with Gasteiger partial charge < -0.3 is 10.2 Å². The van der Waals surface area contributed by atoms with E-state index in [1.165, 1.54) is 12.8 Å². The Morgan fingerprint density at radius 2 is 1.62 bits per heavy atom. The number of nitrogens with zero attached hydrogens (tertiary/aromatic N) is 3. The fraction of sp³-hybridized carbons (Fsp3) is 0.222. The summed E-state index contributed by atoms with van der Waals surface area (Å²) in [7, 11) is 0. The molecule has 1 amide bonds. The number of carbonyl (C=O) groups is 1. The molecule has 1 aliphatic heterocycles. The van der Waals surface area contributed by atoms with E-state index in [1.54, 1.807) is 0 Å². The largest absolute Gasteiger partial charge is 0.355 e. The van der Waals surface area contributed by atoms with Crippen LogP contribution in [0.2, 0.25) is 0 Å². The summed E-state index contributed by atoms with van der Waals surface area (Å²) in [4.78, 5) is 15.0. The standard InChI is InChI=1S/C27H26N4O/c1-19-14-16-31(17-15-19)26-13-12-25(29-30-26)21-8-10-24(11-9-21)28-27(32)23-7-6-20-4-2-3-5-22(20)18-23/h2-13,18-19H,14-17H2,1H3,(H,28,32). The summed E-state index contributed by atoms with van der Waals surface area (Å²) in [6.45, 7) is 4.39. The van der Waals surface area contributed by atoms with Crippen molar-refractivity contribution < 1.29 is 4.79 Å². The molecule has 160 valence electrons. The first kappa shape index (κ1) is 20.2. The summed E-state index contributed by atoms with van der Waals surface area (Å²) < 4.78 is 0. The molecule has 1 saturated heterocycles. The number of benzene rings is 3. The van der Waals surface area contributed by atoms with Crippen LogP contribution in [-0.4, -0.2) is 29.2 Å². The predicted molar refractivity (Wildman–Crippen MR) is 130 cm³/mol. The van der Waals surface area contributed by atoms with Gasteiger partial charge in [0.15, 0.2) is 5.82 Å². The maximum absolute atomic E-state index is 12.7. The van der Waals surface area contributed by atoms with E-state index in [4.69, 9.17) is 0 Å². The first-order valence-corrected chi connectivity index (χ1v) is 11.1. The third kappa shape index (κ3) is 4.33. The Morgan fingerprint density at radius 1 is 0.875 bits per heavy atom. The molecule has 0 radical (unpaired) electrons. The van der Waals surface area contributed by atoms with Gasteiger partial charge in [-0.15, -0.1) is 10.2 Å². The van der Waals surface area contributed by atoms with Gasteiger partial charge >= 0.3 is 0 Å². The summed E-state index contributed by atoms with van der Waals surface area (Å²) >= 11 is 0. The molecule has 0 bridgehead atoms. The number of hydrogen-bond donors (Lipinski definition) is 1. The van der Waals surface area contributed by atoms with Gasteiger partial charge in [0, 0.05) is 29.9 Å². The average molecular weight is 423 g/mol. The molecule has 1 N–H and O–H groups in total. The van der Waals surface area contributed by atoms with Crippen LogP contribution in [0.3, 0.4) is 0 Å². The van der Waals surface area contributed by atoms with E-state index in [-0.39, 0.29) is 5.91 Å². The second-order valence-electron chi connectivity index (χ2n) is 8.54. The van der Waals surface area contributed by atoms with Gasteiger partial charge in [0.1, 0.15) is 0 Å². The number of anilines is 2. The second kappa shape index (κ2) is 8.79. The predicted octanol–water partition coefficient (Wildman–Crippen LogP) is 5.79. The zero-order valence-electron chi connectivity index (χ0n) is 18.2. The lowest BCUT2D eigenvalue weighted by atomic mass is 9.99. The van der Waals surface area contributed by atoms with E-state index in [2.05, 4.69) is 27.3 Å². The van der Waals surface area contributed by atoms with Crippen molar-refractivity contribution in [2.75, 3.05) is 23.3 Å². The third-order valence-corrected chi connectivity index (χ3v) is 6.21. The van der Waals surface area contributed by atoms with Crippen LogP contribution in [0.1, 0.15) is 30.1 Å². The van der Waals surface area contributed by atoms with Crippen molar-refractivity contribution in [1.29, 1.82) is 0 Å². The molecule has 4 aromatic rings. The van der Waals surface area contributed by atoms with Gasteiger partial charge in [0.2, 0.25) is 0 Å². The van der Waals surface area contributed by atoms with E-state index in [9.17, 15) is 4.79 Å². The Labute approximate surface area is 188 Å². The van der Waals surface area contributed by atoms with Gasteiger partial charge in [-0.05, 0) is 65.9 Å². The summed E-state index contributed by atoms with van der Waals surface area (Å²) in [5.41, 5.74) is 3.19. The Balaban J connectivity index is 1.26. The topological polar surface area (TPSA) is 58.1 Å². The zero-order valence-corrected chi connectivity index (χ0v) is 18.2. The van der Waals surface area contributed by atoms with Crippen molar-refractivity contribution in [1.82, 2.24) is 10.2 Å². The molecule has 0 saturated carbocycles. The Kier molecular flexibility index (Phi) is 5.55. The smallest absolute Gasteiger partial charge is 0.255 e. The molecule has 32 heavy (non-hydrogen) atoms. The van der Waals surface area contributed by atoms with Gasteiger partial charge in [-0.2, -0.15) is 0 Å². The number of piperidine rings is 1. The van der Waals surface area contributed by atoms with Crippen molar-refractivity contribution in [3.05, 3.63) is 84.4 Å². The number of carbonyl (C=O) groups excluding carboxylic acids is 1. The summed E-state index contributed by atoms with van der Waals surface area (Å²) in [5, 5.41) is 14.0. The van der Waals surface area contributed by atoms with E-state index in [0.717, 1.165) is 52.5 Å². The van der Waals surface area contributed by atoms with E-state index < -0.39 is 0 Å². The Bertz CT molecular complexity index is 1230. The Morgan fingerprint density at radius 3 is 2.34 bits per heavy atom. The second-order valence-corrected chi connectivity index (χ2v) is 8.54. The van der Waals surface area contributed by atoms with Crippen LogP contribution in [0, 0.1) is 5.92 Å². The maximum atomic E-state index is 12.7. The highest BCUT2D eigenvalue weighted by molar-refractivity contribution is 6.06. The number of hydrogen-bond acceptors (Lipinski definition) is 4. The minimum Gasteiger partial charge on any atom is -0.355 e. The van der Waals surface area contributed by atoms with Gasteiger partial charge in [0.05, 0.1) is 5.69 Å². The van der Waals surface area contributed by atoms with Crippen molar-refractivity contribution in [3.63, 3.8) is 0 Å². The van der Waals surface area contributed by atoms with Crippen LogP contribution in [0.4, 0.5) is 11.5 Å². The first-order chi connectivity index (χ1) is 15.7. The monoisotopic (exact) mass is 422 g/mol. The number of amides is 1. The van der Waals surface area contributed by atoms with Crippen molar-refractivity contribution >= 4 is 28.2 Å². The van der Waals surface area contributed by atoms with Gasteiger partial charge in [-0.1, -0.05) is 49.4 Å². The van der Waals surface area contributed by atoms with Crippen LogP contribution in [0.25, 0.3) is 22.0 Å². The number of rotatable bonds is 4. The molecule has 0 atom stereocenters. The summed E-state index contributed by atoms with van der Waals surface area (Å²) in [5.74, 6) is 1.61. The molecule has 1 aromatic heterocycles. The molecule has 5 rings (SSSR count). The molecule has 5 heteroatoms. The molecule has 0 spiro atoms. The van der Waals surface area contributed by atoms with Crippen LogP contribution < -0.4 is 10.2 Å². The van der Waals surface area contributed by atoms with Crippen molar-refractivity contribution in [3.8, 4) is 11.3 Å². The fourth-order valence-corrected chi connectivity index (χ4v) is 4.14. The Hall–Kier alpha value is -3.73. The highest BCUT2D eigenvalue weighted by Crippen LogP contribution is 2.24. The number of fused-ring (bicyclic) bond motifs is 1. The molecule has 5 nitrogen and oxygen atoms in total. The van der Waals surface area contributed by atoms with Crippen LogP contribution in [-0.2, 0) is 0 Å². The van der Waals surface area contributed by atoms with E-state index in [0.29, 0.717) is 5.56 Å². The summed E-state index contributed by atoms with van der Waals surface area (Å²) in [6, 6.07) is 25.6. The zero-order chi connectivity index (χ0) is 21.9. The van der Waals surface area contributed by atoms with Crippen LogP contribution >= 0.6 is 0 Å². The van der Waals surface area contributed by atoms with E-state index in [1.807, 2.05) is 78.9 Å². The minimum atomic E-state index is -0.122. The van der Waals surface area contributed by atoms with Crippen molar-refractivity contribution in [2.45, 2.75) is 19.8 Å². The van der Waals surface area contributed by atoms with Gasteiger partial charge in [-0.25, -0.2) is 0 Å². The van der Waals surface area contributed by atoms with Crippen LogP contribution in [0.15, 0.2) is 78.9 Å². The highest BCUT2D eigenvalue weighted by Gasteiger charge is 2.17. The first-order valence-electron chi connectivity index (χ1n) is 11.1. The highest BCUT2D eigenvalue weighted by atomic mass is 16.1. The molecule has 3 aromatic carbocycles.